The minimum absolute atomic E-state index is 0.0544. The van der Waals surface area contributed by atoms with Crippen molar-refractivity contribution in [3.05, 3.63) is 29.3 Å². The van der Waals surface area contributed by atoms with Crippen molar-refractivity contribution in [2.75, 3.05) is 6.54 Å². The molecule has 0 heterocycles. The number of carbonyl (C=O) groups is 1. The average molecular weight is 331 g/mol. The fourth-order valence-corrected chi connectivity index (χ4v) is 4.40. The van der Waals surface area contributed by atoms with Gasteiger partial charge in [-0.15, -0.1) is 0 Å². The summed E-state index contributed by atoms with van der Waals surface area (Å²) in [6.45, 7) is -0.615. The highest BCUT2D eigenvalue weighted by Crippen LogP contribution is 2.28. The first-order chi connectivity index (χ1) is 9.91. The van der Waals surface area contributed by atoms with Gasteiger partial charge >= 0.3 is 0 Å². The Balaban J connectivity index is 2.33. The highest BCUT2D eigenvalue weighted by Gasteiger charge is 2.32. The molecule has 1 fully saturated rings. The molecule has 0 amide bonds. The Morgan fingerprint density at radius 2 is 1.76 bits per heavy atom. The van der Waals surface area contributed by atoms with Gasteiger partial charge in [0.2, 0.25) is 10.0 Å². The van der Waals surface area contributed by atoms with E-state index in [9.17, 15) is 18.3 Å². The van der Waals surface area contributed by atoms with Crippen LogP contribution in [-0.4, -0.2) is 31.3 Å². The molecule has 1 aromatic carbocycles. The third-order valence-electron chi connectivity index (χ3n) is 3.69. The third kappa shape index (κ3) is 3.96. The maximum atomic E-state index is 12.7. The molecule has 0 N–H and O–H groups in total. The second-order valence-corrected chi connectivity index (χ2v) is 7.50. The van der Waals surface area contributed by atoms with Gasteiger partial charge in [-0.2, -0.15) is 4.31 Å². The first kappa shape index (κ1) is 16.3. The van der Waals surface area contributed by atoms with Gasteiger partial charge in [-0.3, -0.25) is 0 Å². The predicted molar refractivity (Wildman–Crippen MR) is 77.2 cm³/mol. The normalized spacial score (nSPS) is 17.0. The fourth-order valence-electron chi connectivity index (χ4n) is 2.65. The molecule has 7 heteroatoms. The number of aliphatic carboxylic acids is 1. The average Bonchev–Trinajstić information content (AvgIpc) is 2.46. The van der Waals surface area contributed by atoms with E-state index in [0.717, 1.165) is 23.6 Å². The minimum Gasteiger partial charge on any atom is -0.549 e. The van der Waals surface area contributed by atoms with Crippen LogP contribution in [0.5, 0.6) is 0 Å². The molecular weight excluding hydrogens is 314 g/mol. The van der Waals surface area contributed by atoms with Crippen LogP contribution in [0.3, 0.4) is 0 Å². The second kappa shape index (κ2) is 6.77. The summed E-state index contributed by atoms with van der Waals surface area (Å²) in [7, 11) is -3.86. The lowest BCUT2D eigenvalue weighted by atomic mass is 9.95. The van der Waals surface area contributed by atoms with Gasteiger partial charge < -0.3 is 9.90 Å². The van der Waals surface area contributed by atoms with Gasteiger partial charge in [-0.25, -0.2) is 8.42 Å². The summed E-state index contributed by atoms with van der Waals surface area (Å²) in [4.78, 5) is 11.0. The summed E-state index contributed by atoms with van der Waals surface area (Å²) in [6, 6.07) is 5.46. The van der Waals surface area contributed by atoms with Crippen LogP contribution in [0.1, 0.15) is 32.1 Å². The van der Waals surface area contributed by atoms with Gasteiger partial charge in [0, 0.05) is 11.1 Å². The van der Waals surface area contributed by atoms with E-state index in [2.05, 4.69) is 0 Å². The van der Waals surface area contributed by atoms with Crippen molar-refractivity contribution in [1.82, 2.24) is 4.31 Å². The first-order valence-electron chi connectivity index (χ1n) is 6.88. The summed E-state index contributed by atoms with van der Waals surface area (Å²) in [5.41, 5.74) is 0. The molecule has 0 aromatic heterocycles. The number of benzene rings is 1. The van der Waals surface area contributed by atoms with Crippen LogP contribution < -0.4 is 5.11 Å². The molecule has 1 aromatic rings. The summed E-state index contributed by atoms with van der Waals surface area (Å²) >= 11 is 5.76. The molecule has 116 valence electrons. The maximum absolute atomic E-state index is 12.7. The summed E-state index contributed by atoms with van der Waals surface area (Å²) in [6.07, 6.45) is 4.23. The van der Waals surface area contributed by atoms with Gasteiger partial charge in [0.25, 0.3) is 0 Å². The molecule has 0 aliphatic heterocycles. The van der Waals surface area contributed by atoms with E-state index in [1.54, 1.807) is 0 Å². The largest absolute Gasteiger partial charge is 0.549 e. The standard InChI is InChI=1S/C14H18ClNO4S/c15-11-6-8-13(9-7-11)21(19,20)16(10-14(17)18)12-4-2-1-3-5-12/h6-9,12H,1-5,10H2,(H,17,18)/p-1. The highest BCUT2D eigenvalue weighted by atomic mass is 35.5. The van der Waals surface area contributed by atoms with Gasteiger partial charge in [0.05, 0.1) is 17.4 Å². The van der Waals surface area contributed by atoms with Crippen LogP contribution in [0.15, 0.2) is 29.2 Å². The van der Waals surface area contributed by atoms with E-state index < -0.39 is 22.5 Å². The molecule has 5 nitrogen and oxygen atoms in total. The van der Waals surface area contributed by atoms with E-state index in [1.807, 2.05) is 0 Å². The summed E-state index contributed by atoms with van der Waals surface area (Å²) < 4.78 is 26.4. The van der Waals surface area contributed by atoms with Crippen LogP contribution in [0.4, 0.5) is 0 Å². The van der Waals surface area contributed by atoms with Gasteiger partial charge in [0.1, 0.15) is 0 Å². The zero-order chi connectivity index (χ0) is 15.5. The molecule has 0 saturated heterocycles. The number of sulfonamides is 1. The molecule has 0 radical (unpaired) electrons. The quantitative estimate of drug-likeness (QED) is 0.818. The Hall–Kier alpha value is -1.11. The Bertz CT molecular complexity index is 594. The van der Waals surface area contributed by atoms with Crippen molar-refractivity contribution in [2.24, 2.45) is 0 Å². The molecule has 2 rings (SSSR count). The van der Waals surface area contributed by atoms with E-state index in [1.165, 1.54) is 24.3 Å². The van der Waals surface area contributed by atoms with Crippen molar-refractivity contribution >= 4 is 27.6 Å². The van der Waals surface area contributed by atoms with Crippen molar-refractivity contribution in [3.8, 4) is 0 Å². The number of hydrogen-bond acceptors (Lipinski definition) is 4. The van der Waals surface area contributed by atoms with Crippen molar-refractivity contribution in [2.45, 2.75) is 43.0 Å². The number of halogens is 1. The van der Waals surface area contributed by atoms with Gasteiger partial charge in [-0.05, 0) is 37.1 Å². The number of nitrogens with zero attached hydrogens (tertiary/aromatic N) is 1. The lowest BCUT2D eigenvalue weighted by Gasteiger charge is -2.33. The smallest absolute Gasteiger partial charge is 0.243 e. The van der Waals surface area contributed by atoms with Crippen LogP contribution in [0, 0.1) is 0 Å². The molecule has 1 aliphatic rings. The summed E-state index contributed by atoms with van der Waals surface area (Å²) in [5, 5.41) is 11.4. The fraction of sp³-hybridized carbons (Fsp3) is 0.500. The SMILES string of the molecule is O=C([O-])CN(C1CCCCC1)S(=O)(=O)c1ccc(Cl)cc1. The van der Waals surface area contributed by atoms with Gasteiger partial charge in [-0.1, -0.05) is 30.9 Å². The number of carbonyl (C=O) groups excluding carboxylic acids is 1. The molecule has 1 aliphatic carbocycles. The third-order valence-corrected chi connectivity index (χ3v) is 5.85. The number of hydrogen-bond donors (Lipinski definition) is 0. The Morgan fingerprint density at radius 3 is 2.29 bits per heavy atom. The first-order valence-corrected chi connectivity index (χ1v) is 8.70. The molecule has 0 bridgehead atoms. The highest BCUT2D eigenvalue weighted by molar-refractivity contribution is 7.89. The van der Waals surface area contributed by atoms with E-state index in [-0.39, 0.29) is 10.9 Å². The van der Waals surface area contributed by atoms with Crippen LogP contribution >= 0.6 is 11.6 Å². The molecule has 0 atom stereocenters. The Morgan fingerprint density at radius 1 is 1.19 bits per heavy atom. The second-order valence-electron chi connectivity index (χ2n) is 5.17. The van der Waals surface area contributed by atoms with E-state index in [4.69, 9.17) is 11.6 Å². The molecule has 0 unspecified atom stereocenters. The van der Waals surface area contributed by atoms with E-state index >= 15 is 0 Å². The van der Waals surface area contributed by atoms with Crippen molar-refractivity contribution in [3.63, 3.8) is 0 Å². The number of carboxylic acid groups (broad SMARTS) is 1. The Labute approximate surface area is 129 Å². The van der Waals surface area contributed by atoms with E-state index in [0.29, 0.717) is 17.9 Å². The molecular formula is C14H17ClNO4S-. The summed E-state index contributed by atoms with van der Waals surface area (Å²) in [5.74, 6) is -1.39. The molecule has 0 spiro atoms. The molecule has 21 heavy (non-hydrogen) atoms. The van der Waals surface area contributed by atoms with Crippen molar-refractivity contribution < 1.29 is 18.3 Å². The maximum Gasteiger partial charge on any atom is 0.243 e. The lowest BCUT2D eigenvalue weighted by molar-refractivity contribution is -0.305. The molecule has 1 saturated carbocycles. The zero-order valence-electron chi connectivity index (χ0n) is 11.5. The number of rotatable bonds is 5. The Kier molecular flexibility index (Phi) is 5.24. The van der Waals surface area contributed by atoms with Gasteiger partial charge in [0.15, 0.2) is 0 Å². The van der Waals surface area contributed by atoms with Crippen molar-refractivity contribution in [1.29, 1.82) is 0 Å². The topological polar surface area (TPSA) is 77.5 Å². The van der Waals surface area contributed by atoms with Crippen LogP contribution in [-0.2, 0) is 14.8 Å². The van der Waals surface area contributed by atoms with Crippen LogP contribution in [0.25, 0.3) is 0 Å². The lowest BCUT2D eigenvalue weighted by Crippen LogP contribution is -2.47. The van der Waals surface area contributed by atoms with Crippen LogP contribution in [0.2, 0.25) is 5.02 Å². The minimum atomic E-state index is -3.86. The zero-order valence-corrected chi connectivity index (χ0v) is 13.1. The number of carboxylic acids is 1. The predicted octanol–water partition coefficient (Wildman–Crippen LogP) is 1.41. The monoisotopic (exact) mass is 330 g/mol.